The number of hydrogen-bond acceptors (Lipinski definition) is 4. The molecular weight excluding hydrogens is 338 g/mol. The SMILES string of the molecule is CCC(C)c1ccccc1OCC(=O)N1CCC2(CC1)CN(C)CCN2C. The Bertz CT molecular complexity index is 640. The zero-order valence-corrected chi connectivity index (χ0v) is 17.4. The molecule has 1 aromatic carbocycles. The molecule has 0 radical (unpaired) electrons. The number of likely N-dealkylation sites (tertiary alicyclic amines) is 1. The minimum absolute atomic E-state index is 0.107. The number of likely N-dealkylation sites (N-methyl/N-ethyl adjacent to an activating group) is 2. The summed E-state index contributed by atoms with van der Waals surface area (Å²) in [6.45, 7) is 9.51. The van der Waals surface area contributed by atoms with Crippen LogP contribution in [0.3, 0.4) is 0 Å². The molecular formula is C22H35N3O2. The molecule has 2 fully saturated rings. The van der Waals surface area contributed by atoms with Gasteiger partial charge in [0, 0.05) is 38.3 Å². The molecule has 150 valence electrons. The third-order valence-electron chi connectivity index (χ3n) is 6.65. The van der Waals surface area contributed by atoms with E-state index in [0.29, 0.717) is 5.92 Å². The van der Waals surface area contributed by atoms with Gasteiger partial charge in [-0.25, -0.2) is 0 Å². The highest BCUT2D eigenvalue weighted by molar-refractivity contribution is 5.78. The topological polar surface area (TPSA) is 36.0 Å². The van der Waals surface area contributed by atoms with E-state index in [0.717, 1.165) is 57.7 Å². The summed E-state index contributed by atoms with van der Waals surface area (Å²) in [4.78, 5) is 19.6. The van der Waals surface area contributed by atoms with Gasteiger partial charge in [0.2, 0.25) is 0 Å². The van der Waals surface area contributed by atoms with Gasteiger partial charge in [0.1, 0.15) is 5.75 Å². The molecule has 0 N–H and O–H groups in total. The van der Waals surface area contributed by atoms with Crippen molar-refractivity contribution in [2.45, 2.75) is 44.6 Å². The largest absolute Gasteiger partial charge is 0.483 e. The predicted molar refractivity (Wildman–Crippen MR) is 109 cm³/mol. The van der Waals surface area contributed by atoms with Crippen LogP contribution >= 0.6 is 0 Å². The zero-order chi connectivity index (χ0) is 19.4. The van der Waals surface area contributed by atoms with Crippen molar-refractivity contribution >= 4 is 5.91 Å². The van der Waals surface area contributed by atoms with Crippen molar-refractivity contribution in [2.75, 3.05) is 53.4 Å². The van der Waals surface area contributed by atoms with E-state index in [-0.39, 0.29) is 18.1 Å². The van der Waals surface area contributed by atoms with Crippen LogP contribution < -0.4 is 4.74 Å². The molecule has 27 heavy (non-hydrogen) atoms. The number of piperidine rings is 1. The molecule has 0 aliphatic carbocycles. The zero-order valence-electron chi connectivity index (χ0n) is 17.4. The molecule has 2 aliphatic rings. The number of hydrogen-bond donors (Lipinski definition) is 0. The molecule has 0 bridgehead atoms. The van der Waals surface area contributed by atoms with E-state index >= 15 is 0 Å². The van der Waals surface area contributed by atoms with Crippen LogP contribution in [0.25, 0.3) is 0 Å². The van der Waals surface area contributed by atoms with Crippen molar-refractivity contribution in [1.82, 2.24) is 14.7 Å². The van der Waals surface area contributed by atoms with Crippen molar-refractivity contribution in [1.29, 1.82) is 0 Å². The molecule has 1 atom stereocenters. The predicted octanol–water partition coefficient (Wildman–Crippen LogP) is 2.82. The summed E-state index contributed by atoms with van der Waals surface area (Å²) in [5.41, 5.74) is 1.42. The minimum Gasteiger partial charge on any atom is -0.483 e. The lowest BCUT2D eigenvalue weighted by Crippen LogP contribution is -2.64. The molecule has 2 saturated heterocycles. The number of amides is 1. The van der Waals surface area contributed by atoms with Crippen LogP contribution in [0.4, 0.5) is 0 Å². The Morgan fingerprint density at radius 1 is 1.15 bits per heavy atom. The number of ether oxygens (including phenoxy) is 1. The quantitative estimate of drug-likeness (QED) is 0.795. The maximum absolute atomic E-state index is 12.7. The Labute approximate surface area is 164 Å². The Morgan fingerprint density at radius 2 is 1.85 bits per heavy atom. The first kappa shape index (κ1) is 20.2. The summed E-state index contributed by atoms with van der Waals surface area (Å²) in [7, 11) is 4.44. The van der Waals surface area contributed by atoms with Gasteiger partial charge in [-0.05, 0) is 50.9 Å². The van der Waals surface area contributed by atoms with E-state index in [1.54, 1.807) is 0 Å². The smallest absolute Gasteiger partial charge is 0.260 e. The molecule has 1 amide bonds. The first-order chi connectivity index (χ1) is 12.9. The lowest BCUT2D eigenvalue weighted by molar-refractivity contribution is -0.137. The van der Waals surface area contributed by atoms with Gasteiger partial charge in [-0.15, -0.1) is 0 Å². The van der Waals surface area contributed by atoms with Gasteiger partial charge in [0.05, 0.1) is 0 Å². The summed E-state index contributed by atoms with van der Waals surface area (Å²) in [5, 5.41) is 0. The maximum Gasteiger partial charge on any atom is 0.260 e. The van der Waals surface area contributed by atoms with Crippen molar-refractivity contribution in [2.24, 2.45) is 0 Å². The van der Waals surface area contributed by atoms with E-state index in [1.165, 1.54) is 5.56 Å². The number of carbonyl (C=O) groups excluding carboxylic acids is 1. The van der Waals surface area contributed by atoms with E-state index in [9.17, 15) is 4.79 Å². The number of benzene rings is 1. The summed E-state index contributed by atoms with van der Waals surface area (Å²) in [5.74, 6) is 1.39. The van der Waals surface area contributed by atoms with E-state index in [4.69, 9.17) is 4.74 Å². The number of para-hydroxylation sites is 1. The molecule has 3 rings (SSSR count). The number of piperazine rings is 1. The van der Waals surface area contributed by atoms with Gasteiger partial charge in [-0.2, -0.15) is 0 Å². The van der Waals surface area contributed by atoms with E-state index in [1.807, 2.05) is 23.1 Å². The average Bonchev–Trinajstić information content (AvgIpc) is 2.69. The second kappa shape index (κ2) is 8.61. The monoisotopic (exact) mass is 373 g/mol. The van der Waals surface area contributed by atoms with Gasteiger partial charge in [-0.1, -0.05) is 32.0 Å². The molecule has 0 aromatic heterocycles. The Hall–Kier alpha value is -1.59. The van der Waals surface area contributed by atoms with Crippen molar-refractivity contribution < 1.29 is 9.53 Å². The van der Waals surface area contributed by atoms with Crippen LogP contribution in [0.5, 0.6) is 5.75 Å². The van der Waals surface area contributed by atoms with Gasteiger partial charge in [0.15, 0.2) is 6.61 Å². The first-order valence-electron chi connectivity index (χ1n) is 10.3. The molecule has 1 spiro atoms. The van der Waals surface area contributed by atoms with Gasteiger partial charge >= 0.3 is 0 Å². The molecule has 5 heteroatoms. The summed E-state index contributed by atoms with van der Waals surface area (Å²) in [6, 6.07) is 8.10. The van der Waals surface area contributed by atoms with Crippen LogP contribution in [0.2, 0.25) is 0 Å². The van der Waals surface area contributed by atoms with Crippen LogP contribution in [0.15, 0.2) is 24.3 Å². The molecule has 0 saturated carbocycles. The molecule has 2 heterocycles. The second-order valence-corrected chi connectivity index (χ2v) is 8.40. The molecule has 1 aromatic rings. The van der Waals surface area contributed by atoms with Gasteiger partial charge in [0.25, 0.3) is 5.91 Å². The molecule has 5 nitrogen and oxygen atoms in total. The van der Waals surface area contributed by atoms with E-state index < -0.39 is 0 Å². The summed E-state index contributed by atoms with van der Waals surface area (Å²) < 4.78 is 5.94. The fraction of sp³-hybridized carbons (Fsp3) is 0.682. The van der Waals surface area contributed by atoms with E-state index in [2.05, 4.69) is 43.8 Å². The third kappa shape index (κ3) is 4.46. The highest BCUT2D eigenvalue weighted by Crippen LogP contribution is 2.32. The average molecular weight is 374 g/mol. The minimum atomic E-state index is 0.107. The van der Waals surface area contributed by atoms with Gasteiger partial charge in [-0.3, -0.25) is 9.69 Å². The molecule has 2 aliphatic heterocycles. The van der Waals surface area contributed by atoms with Crippen LogP contribution in [0.1, 0.15) is 44.6 Å². The number of nitrogens with zero attached hydrogens (tertiary/aromatic N) is 3. The number of carbonyl (C=O) groups is 1. The van der Waals surface area contributed by atoms with Gasteiger partial charge < -0.3 is 14.5 Å². The highest BCUT2D eigenvalue weighted by Gasteiger charge is 2.42. The Morgan fingerprint density at radius 3 is 2.56 bits per heavy atom. The fourth-order valence-corrected chi connectivity index (χ4v) is 4.44. The van der Waals surface area contributed by atoms with Crippen molar-refractivity contribution in [3.8, 4) is 5.75 Å². The normalized spacial score (nSPS) is 22.0. The highest BCUT2D eigenvalue weighted by atomic mass is 16.5. The third-order valence-corrected chi connectivity index (χ3v) is 6.65. The van der Waals surface area contributed by atoms with Crippen LogP contribution in [0, 0.1) is 0 Å². The second-order valence-electron chi connectivity index (χ2n) is 8.40. The van der Waals surface area contributed by atoms with Crippen LogP contribution in [-0.4, -0.2) is 79.6 Å². The lowest BCUT2D eigenvalue weighted by Gasteiger charge is -2.52. The van der Waals surface area contributed by atoms with Crippen molar-refractivity contribution in [3.63, 3.8) is 0 Å². The first-order valence-corrected chi connectivity index (χ1v) is 10.3. The maximum atomic E-state index is 12.7. The van der Waals surface area contributed by atoms with Crippen LogP contribution in [-0.2, 0) is 4.79 Å². The summed E-state index contributed by atoms with van der Waals surface area (Å²) >= 11 is 0. The van der Waals surface area contributed by atoms with Crippen molar-refractivity contribution in [3.05, 3.63) is 29.8 Å². The standard InChI is InChI=1S/C22H35N3O2/c1-5-18(2)19-8-6-7-9-20(19)27-16-21(26)25-12-10-22(11-13-25)17-23(3)14-15-24(22)4/h6-9,18H,5,10-17H2,1-4H3. The molecule has 1 unspecified atom stereocenters. The number of rotatable bonds is 5. The fourth-order valence-electron chi connectivity index (χ4n) is 4.44. The Balaban J connectivity index is 1.55. The Kier molecular flexibility index (Phi) is 6.43. The lowest BCUT2D eigenvalue weighted by atomic mass is 9.84. The summed E-state index contributed by atoms with van der Waals surface area (Å²) in [6.07, 6.45) is 3.15.